The lowest BCUT2D eigenvalue weighted by molar-refractivity contribution is 0.270. The molecule has 5 heteroatoms. The van der Waals surface area contributed by atoms with Crippen LogP contribution < -0.4 is 4.74 Å². The summed E-state index contributed by atoms with van der Waals surface area (Å²) >= 11 is 1.67. The van der Waals surface area contributed by atoms with Crippen molar-refractivity contribution in [1.82, 2.24) is 4.90 Å². The minimum atomic E-state index is 0.0981. The van der Waals surface area contributed by atoms with Crippen molar-refractivity contribution < 1.29 is 9.84 Å². The van der Waals surface area contributed by atoms with E-state index in [0.717, 1.165) is 53.9 Å². The molecule has 1 saturated heterocycles. The first-order valence-electron chi connectivity index (χ1n) is 8.31. The predicted octanol–water partition coefficient (Wildman–Crippen LogP) is 3.80. The van der Waals surface area contributed by atoms with E-state index in [2.05, 4.69) is 22.0 Å². The van der Waals surface area contributed by atoms with Gasteiger partial charge in [0.15, 0.2) is 6.10 Å². The highest BCUT2D eigenvalue weighted by Gasteiger charge is 2.32. The Labute approximate surface area is 146 Å². The Morgan fingerprint density at radius 3 is 2.46 bits per heavy atom. The van der Waals surface area contributed by atoms with Gasteiger partial charge in [0.25, 0.3) is 0 Å². The molecule has 2 aromatic carbocycles. The topological polar surface area (TPSA) is 45.1 Å². The van der Waals surface area contributed by atoms with Gasteiger partial charge in [-0.1, -0.05) is 11.8 Å². The van der Waals surface area contributed by atoms with Crippen molar-refractivity contribution in [2.24, 2.45) is 4.99 Å². The van der Waals surface area contributed by atoms with E-state index in [-0.39, 0.29) is 6.10 Å². The van der Waals surface area contributed by atoms with Gasteiger partial charge in [0.1, 0.15) is 17.3 Å². The summed E-state index contributed by atoms with van der Waals surface area (Å²) in [6, 6.07) is 15.4. The molecule has 0 bridgehead atoms. The third-order valence-electron chi connectivity index (χ3n) is 4.31. The minimum Gasteiger partial charge on any atom is -0.508 e. The standard InChI is InChI=1S/C19H20N2O2S/c22-14-2-6-16(7-3-14)24-17-8-4-15(5-9-17)23-18-10-13-21-12-1-11-20-19(18)21/h2-9,18,22H,1,10-13H2. The summed E-state index contributed by atoms with van der Waals surface area (Å²) < 4.78 is 6.15. The number of ether oxygens (including phenoxy) is 1. The maximum absolute atomic E-state index is 9.34. The molecule has 24 heavy (non-hydrogen) atoms. The summed E-state index contributed by atoms with van der Waals surface area (Å²) in [5, 5.41) is 9.34. The number of hydrogen-bond donors (Lipinski definition) is 1. The third kappa shape index (κ3) is 3.36. The van der Waals surface area contributed by atoms with Crippen LogP contribution in [0.1, 0.15) is 12.8 Å². The highest BCUT2D eigenvalue weighted by atomic mass is 32.2. The lowest BCUT2D eigenvalue weighted by atomic mass is 10.2. The quantitative estimate of drug-likeness (QED) is 0.919. The van der Waals surface area contributed by atoms with E-state index in [0.29, 0.717) is 5.75 Å². The van der Waals surface area contributed by atoms with Crippen molar-refractivity contribution in [3.63, 3.8) is 0 Å². The Kier molecular flexibility index (Phi) is 4.34. The lowest BCUT2D eigenvalue weighted by Crippen LogP contribution is -2.36. The molecule has 1 atom stereocenters. The molecule has 124 valence electrons. The second-order valence-electron chi connectivity index (χ2n) is 6.04. The molecule has 1 N–H and O–H groups in total. The van der Waals surface area contributed by atoms with Crippen molar-refractivity contribution in [2.45, 2.75) is 28.7 Å². The lowest BCUT2D eigenvalue weighted by Gasteiger charge is -2.24. The molecule has 4 rings (SSSR count). The van der Waals surface area contributed by atoms with E-state index in [1.165, 1.54) is 0 Å². The Balaban J connectivity index is 1.40. The average molecular weight is 340 g/mol. The maximum Gasteiger partial charge on any atom is 0.157 e. The zero-order chi connectivity index (χ0) is 16.4. The van der Waals surface area contributed by atoms with Gasteiger partial charge >= 0.3 is 0 Å². The smallest absolute Gasteiger partial charge is 0.157 e. The Morgan fingerprint density at radius 1 is 1.00 bits per heavy atom. The fourth-order valence-corrected chi connectivity index (χ4v) is 3.93. The molecule has 0 aromatic heterocycles. The van der Waals surface area contributed by atoms with Gasteiger partial charge in [0.2, 0.25) is 0 Å². The van der Waals surface area contributed by atoms with Gasteiger partial charge in [-0.3, -0.25) is 4.99 Å². The molecule has 1 fully saturated rings. The van der Waals surface area contributed by atoms with E-state index >= 15 is 0 Å². The summed E-state index contributed by atoms with van der Waals surface area (Å²) in [5.41, 5.74) is 0. The summed E-state index contributed by atoms with van der Waals surface area (Å²) in [6.07, 6.45) is 2.27. The monoisotopic (exact) mass is 340 g/mol. The summed E-state index contributed by atoms with van der Waals surface area (Å²) in [5.74, 6) is 2.31. The Hall–Kier alpha value is -2.14. The van der Waals surface area contributed by atoms with Crippen LogP contribution >= 0.6 is 11.8 Å². The van der Waals surface area contributed by atoms with Crippen LogP contribution in [-0.4, -0.2) is 41.6 Å². The fraction of sp³-hybridized carbons (Fsp3) is 0.316. The second-order valence-corrected chi connectivity index (χ2v) is 7.19. The largest absolute Gasteiger partial charge is 0.508 e. The maximum atomic E-state index is 9.34. The molecule has 0 saturated carbocycles. The molecule has 0 radical (unpaired) electrons. The van der Waals surface area contributed by atoms with Crippen LogP contribution in [0.3, 0.4) is 0 Å². The van der Waals surface area contributed by atoms with Crippen LogP contribution in [0.15, 0.2) is 63.3 Å². The van der Waals surface area contributed by atoms with Gasteiger partial charge in [-0.25, -0.2) is 0 Å². The molecule has 2 heterocycles. The third-order valence-corrected chi connectivity index (χ3v) is 5.32. The molecular weight excluding hydrogens is 320 g/mol. The molecule has 2 aliphatic rings. The highest BCUT2D eigenvalue weighted by molar-refractivity contribution is 7.99. The van der Waals surface area contributed by atoms with Crippen molar-refractivity contribution in [1.29, 1.82) is 0 Å². The van der Waals surface area contributed by atoms with Gasteiger partial charge in [-0.15, -0.1) is 0 Å². The first-order valence-corrected chi connectivity index (χ1v) is 9.12. The van der Waals surface area contributed by atoms with Crippen LogP contribution in [0.4, 0.5) is 0 Å². The Bertz CT molecular complexity index is 728. The number of rotatable bonds is 4. The number of hydrogen-bond acceptors (Lipinski definition) is 5. The van der Waals surface area contributed by atoms with Crippen LogP contribution in [0, 0.1) is 0 Å². The van der Waals surface area contributed by atoms with Crippen LogP contribution in [0.2, 0.25) is 0 Å². The zero-order valence-corrected chi connectivity index (χ0v) is 14.2. The molecule has 0 spiro atoms. The number of phenolic OH excluding ortho intramolecular Hbond substituents is 1. The van der Waals surface area contributed by atoms with E-state index in [4.69, 9.17) is 4.74 Å². The van der Waals surface area contributed by atoms with Crippen LogP contribution in [-0.2, 0) is 0 Å². The summed E-state index contributed by atoms with van der Waals surface area (Å²) in [6.45, 7) is 3.09. The fourth-order valence-electron chi connectivity index (χ4n) is 3.12. The molecule has 1 unspecified atom stereocenters. The first-order chi connectivity index (χ1) is 11.8. The highest BCUT2D eigenvalue weighted by Crippen LogP contribution is 2.31. The summed E-state index contributed by atoms with van der Waals surface area (Å²) in [7, 11) is 0. The van der Waals surface area contributed by atoms with Gasteiger partial charge in [0.05, 0.1) is 0 Å². The Morgan fingerprint density at radius 2 is 1.71 bits per heavy atom. The van der Waals surface area contributed by atoms with Gasteiger partial charge < -0.3 is 14.7 Å². The van der Waals surface area contributed by atoms with Crippen molar-refractivity contribution in [2.75, 3.05) is 19.6 Å². The van der Waals surface area contributed by atoms with E-state index < -0.39 is 0 Å². The number of amidine groups is 1. The average Bonchev–Trinajstić information content (AvgIpc) is 3.02. The number of fused-ring (bicyclic) bond motifs is 1. The second kappa shape index (κ2) is 6.77. The minimum absolute atomic E-state index is 0.0981. The predicted molar refractivity (Wildman–Crippen MR) is 96.2 cm³/mol. The van der Waals surface area contributed by atoms with Crippen LogP contribution in [0.5, 0.6) is 11.5 Å². The molecule has 4 nitrogen and oxygen atoms in total. The first kappa shape index (κ1) is 15.4. The van der Waals surface area contributed by atoms with E-state index in [9.17, 15) is 5.11 Å². The van der Waals surface area contributed by atoms with Crippen molar-refractivity contribution in [3.05, 3.63) is 48.5 Å². The van der Waals surface area contributed by atoms with Gasteiger partial charge in [0, 0.05) is 35.8 Å². The van der Waals surface area contributed by atoms with Crippen LogP contribution in [0.25, 0.3) is 0 Å². The molecule has 2 aliphatic heterocycles. The number of benzene rings is 2. The zero-order valence-electron chi connectivity index (χ0n) is 13.4. The number of nitrogens with zero attached hydrogens (tertiary/aromatic N) is 2. The number of phenols is 1. The van der Waals surface area contributed by atoms with Crippen molar-refractivity contribution in [3.8, 4) is 11.5 Å². The normalized spacial score (nSPS) is 19.8. The van der Waals surface area contributed by atoms with E-state index in [1.54, 1.807) is 23.9 Å². The van der Waals surface area contributed by atoms with Gasteiger partial charge in [-0.05, 0) is 55.0 Å². The van der Waals surface area contributed by atoms with E-state index in [1.807, 2.05) is 24.3 Å². The molecule has 2 aromatic rings. The SMILES string of the molecule is Oc1ccc(Sc2ccc(OC3CCN4CCCN=C34)cc2)cc1. The molecular formula is C19H20N2O2S. The van der Waals surface area contributed by atoms with Gasteiger partial charge in [-0.2, -0.15) is 0 Å². The molecule has 0 aliphatic carbocycles. The number of aliphatic imine (C=N–C) groups is 1. The number of aromatic hydroxyl groups is 1. The molecule has 0 amide bonds. The summed E-state index contributed by atoms with van der Waals surface area (Å²) in [4.78, 5) is 9.24. The van der Waals surface area contributed by atoms with Crippen molar-refractivity contribution >= 4 is 17.6 Å².